The fourth-order valence-corrected chi connectivity index (χ4v) is 3.70. The molecule has 0 unspecified atom stereocenters. The lowest BCUT2D eigenvalue weighted by Crippen LogP contribution is -2.41. The van der Waals surface area contributed by atoms with Gasteiger partial charge in [0.2, 0.25) is 6.23 Å². The number of rotatable bonds is 4. The molecule has 2 heterocycles. The van der Waals surface area contributed by atoms with E-state index in [-0.39, 0.29) is 5.82 Å². The Hall–Kier alpha value is -2.73. The smallest absolute Gasteiger partial charge is 0.351 e. The molecule has 0 saturated carbocycles. The summed E-state index contributed by atoms with van der Waals surface area (Å²) in [6, 6.07) is 11.8. The number of nitrogens with zero attached hydrogens (tertiary/aromatic N) is 2. The number of nitrogens with one attached hydrogen (secondary N) is 1. The Morgan fingerprint density at radius 1 is 1.23 bits per heavy atom. The molecule has 0 radical (unpaired) electrons. The first-order valence-corrected chi connectivity index (χ1v) is 9.92. The van der Waals surface area contributed by atoms with Gasteiger partial charge in [0.05, 0.1) is 6.61 Å². The van der Waals surface area contributed by atoms with Crippen molar-refractivity contribution in [3.8, 4) is 0 Å². The van der Waals surface area contributed by atoms with Gasteiger partial charge in [0, 0.05) is 16.2 Å². The Morgan fingerprint density at radius 3 is 2.61 bits per heavy atom. The number of anilines is 1. The molecular formula is C20H16BrF2N3O5. The van der Waals surface area contributed by atoms with Gasteiger partial charge in [-0.25, -0.2) is 4.79 Å². The first-order valence-electron chi connectivity index (χ1n) is 9.13. The van der Waals surface area contributed by atoms with E-state index in [2.05, 4.69) is 26.2 Å². The molecule has 3 aromatic rings. The molecule has 1 fully saturated rings. The van der Waals surface area contributed by atoms with Gasteiger partial charge >= 0.3 is 11.6 Å². The molecule has 0 spiro atoms. The van der Waals surface area contributed by atoms with Crippen molar-refractivity contribution in [2.45, 2.75) is 24.4 Å². The van der Waals surface area contributed by atoms with Crippen LogP contribution in [0.25, 0.3) is 10.8 Å². The normalized spacial score (nSPS) is 22.5. The molecule has 0 aliphatic carbocycles. The van der Waals surface area contributed by atoms with Crippen molar-refractivity contribution in [1.82, 2.24) is 9.55 Å². The van der Waals surface area contributed by atoms with Crippen molar-refractivity contribution in [3.63, 3.8) is 0 Å². The van der Waals surface area contributed by atoms with E-state index in [0.717, 1.165) is 27.5 Å². The van der Waals surface area contributed by atoms with E-state index in [9.17, 15) is 23.5 Å². The average molecular weight is 496 g/mol. The lowest BCUT2D eigenvalue weighted by Gasteiger charge is -2.21. The monoisotopic (exact) mass is 495 g/mol. The van der Waals surface area contributed by atoms with Crippen LogP contribution >= 0.6 is 15.9 Å². The number of ether oxygens (including phenoxy) is 1. The van der Waals surface area contributed by atoms with Crippen LogP contribution in [-0.2, 0) is 4.74 Å². The highest BCUT2D eigenvalue weighted by molar-refractivity contribution is 9.10. The molecule has 1 aromatic heterocycles. The van der Waals surface area contributed by atoms with Gasteiger partial charge in [0.1, 0.15) is 11.9 Å². The molecular weight excluding hydrogens is 480 g/mol. The van der Waals surface area contributed by atoms with Gasteiger partial charge in [-0.1, -0.05) is 28.1 Å². The molecule has 3 atom stereocenters. The zero-order chi connectivity index (χ0) is 22.3. The first kappa shape index (κ1) is 21.5. The van der Waals surface area contributed by atoms with Crippen molar-refractivity contribution in [3.05, 3.63) is 69.2 Å². The minimum absolute atomic E-state index is 0.136. The van der Waals surface area contributed by atoms with E-state index in [1.165, 1.54) is 0 Å². The number of aliphatic hydroxyl groups excluding tert-OH is 2. The molecule has 8 nitrogen and oxygen atoms in total. The standard InChI is InChI=1S/C20H16BrF2N3O5/c21-13-4-3-10-7-12(2-1-11(10)8-13)17(29)24-15-5-6-26(19(30)25-15)18-20(22,23)16(28)14(9-27)31-18/h1-8,14,16,18,27-28H,9H2,(H,24,25,29,30)/t14-,16-,18-/m1/s1. The van der Waals surface area contributed by atoms with Gasteiger partial charge in [0.25, 0.3) is 5.91 Å². The molecule has 3 N–H and O–H groups in total. The molecule has 1 aliphatic rings. The fraction of sp³-hybridized carbons (Fsp3) is 0.250. The maximum Gasteiger partial charge on any atom is 0.351 e. The number of fused-ring (bicyclic) bond motifs is 1. The van der Waals surface area contributed by atoms with E-state index in [1.54, 1.807) is 18.2 Å². The molecule has 2 aromatic carbocycles. The predicted octanol–water partition coefficient (Wildman–Crippen LogP) is 2.30. The Morgan fingerprint density at radius 2 is 1.94 bits per heavy atom. The second-order valence-corrected chi connectivity index (χ2v) is 7.91. The predicted molar refractivity (Wildman–Crippen MR) is 110 cm³/mol. The zero-order valence-corrected chi connectivity index (χ0v) is 17.3. The summed E-state index contributed by atoms with van der Waals surface area (Å²) in [5.41, 5.74) is -0.794. The van der Waals surface area contributed by atoms with Crippen molar-refractivity contribution in [2.24, 2.45) is 0 Å². The third-order valence-electron chi connectivity index (χ3n) is 4.95. The molecule has 1 aliphatic heterocycles. The van der Waals surface area contributed by atoms with Crippen molar-refractivity contribution in [2.75, 3.05) is 11.9 Å². The SMILES string of the molecule is O=C(Nc1ccn([C@@H]2O[C@H](CO)[C@@H](O)C2(F)F)c(=O)n1)c1ccc2cc(Br)ccc2c1. The van der Waals surface area contributed by atoms with Gasteiger partial charge in [0.15, 0.2) is 6.10 Å². The van der Waals surface area contributed by atoms with E-state index in [4.69, 9.17) is 9.84 Å². The summed E-state index contributed by atoms with van der Waals surface area (Å²) < 4.78 is 34.8. The Kier molecular flexibility index (Phi) is 5.60. The second kappa shape index (κ2) is 8.08. The van der Waals surface area contributed by atoms with Crippen molar-refractivity contribution < 1.29 is 28.5 Å². The maximum absolute atomic E-state index is 14.2. The zero-order valence-electron chi connectivity index (χ0n) is 15.7. The Balaban J connectivity index is 1.55. The molecule has 0 bridgehead atoms. The van der Waals surface area contributed by atoms with Gasteiger partial charge in [-0.3, -0.25) is 9.36 Å². The largest absolute Gasteiger partial charge is 0.394 e. The number of aliphatic hydroxyl groups is 2. The average Bonchev–Trinajstić information content (AvgIpc) is 2.96. The number of alkyl halides is 2. The van der Waals surface area contributed by atoms with Crippen LogP contribution in [0.5, 0.6) is 0 Å². The minimum atomic E-state index is -3.82. The number of benzene rings is 2. The summed E-state index contributed by atoms with van der Waals surface area (Å²) in [4.78, 5) is 28.4. The molecule has 1 saturated heterocycles. The number of amides is 1. The molecule has 162 valence electrons. The highest BCUT2D eigenvalue weighted by Gasteiger charge is 2.59. The van der Waals surface area contributed by atoms with Crippen LogP contribution in [0.3, 0.4) is 0 Å². The molecule has 11 heteroatoms. The number of hydrogen-bond acceptors (Lipinski definition) is 6. The number of carbonyl (C=O) groups excluding carboxylic acids is 1. The topological polar surface area (TPSA) is 114 Å². The van der Waals surface area contributed by atoms with E-state index in [1.807, 2.05) is 18.2 Å². The third-order valence-corrected chi connectivity index (χ3v) is 5.44. The van der Waals surface area contributed by atoms with Crippen LogP contribution in [0.15, 0.2) is 57.9 Å². The molecule has 4 rings (SSSR count). The first-order chi connectivity index (χ1) is 14.7. The maximum atomic E-state index is 14.2. The third kappa shape index (κ3) is 3.97. The van der Waals surface area contributed by atoms with Crippen LogP contribution in [0.2, 0.25) is 0 Å². The van der Waals surface area contributed by atoms with Crippen LogP contribution in [0, 0.1) is 0 Å². The number of carbonyl (C=O) groups is 1. The highest BCUT2D eigenvalue weighted by Crippen LogP contribution is 2.42. The van der Waals surface area contributed by atoms with Crippen LogP contribution < -0.4 is 11.0 Å². The van der Waals surface area contributed by atoms with Crippen LogP contribution in [0.4, 0.5) is 14.6 Å². The van der Waals surface area contributed by atoms with Gasteiger partial charge in [-0.15, -0.1) is 0 Å². The van der Waals surface area contributed by atoms with E-state index >= 15 is 0 Å². The summed E-state index contributed by atoms with van der Waals surface area (Å²) in [6.07, 6.45) is -4.97. The summed E-state index contributed by atoms with van der Waals surface area (Å²) in [5, 5.41) is 22.9. The molecule has 1 amide bonds. The molecule has 31 heavy (non-hydrogen) atoms. The summed E-state index contributed by atoms with van der Waals surface area (Å²) in [7, 11) is 0. The lowest BCUT2D eigenvalue weighted by molar-refractivity contribution is -0.140. The summed E-state index contributed by atoms with van der Waals surface area (Å²) >= 11 is 3.38. The van der Waals surface area contributed by atoms with Crippen LogP contribution in [0.1, 0.15) is 16.6 Å². The second-order valence-electron chi connectivity index (χ2n) is 6.99. The number of halogens is 3. The van der Waals surface area contributed by atoms with Crippen LogP contribution in [-0.4, -0.2) is 50.4 Å². The number of aromatic nitrogens is 2. The van der Waals surface area contributed by atoms with Gasteiger partial charge in [-0.2, -0.15) is 13.8 Å². The fourth-order valence-electron chi connectivity index (χ4n) is 3.33. The summed E-state index contributed by atoms with van der Waals surface area (Å²) in [5.74, 6) is -4.49. The lowest BCUT2D eigenvalue weighted by atomic mass is 10.1. The Bertz CT molecular complexity index is 1220. The quantitative estimate of drug-likeness (QED) is 0.511. The Labute approximate surface area is 182 Å². The van der Waals surface area contributed by atoms with Crippen molar-refractivity contribution in [1.29, 1.82) is 0 Å². The van der Waals surface area contributed by atoms with Gasteiger partial charge in [-0.05, 0) is 41.1 Å². The van der Waals surface area contributed by atoms with E-state index in [0.29, 0.717) is 10.1 Å². The minimum Gasteiger partial charge on any atom is -0.394 e. The number of hydrogen-bond donors (Lipinski definition) is 3. The van der Waals surface area contributed by atoms with Crippen molar-refractivity contribution >= 4 is 38.4 Å². The summed E-state index contributed by atoms with van der Waals surface area (Å²) in [6.45, 7) is -0.841. The van der Waals surface area contributed by atoms with Gasteiger partial charge < -0.3 is 20.3 Å². The highest BCUT2D eigenvalue weighted by atomic mass is 79.9. The van der Waals surface area contributed by atoms with E-state index < -0.39 is 42.6 Å².